The Morgan fingerprint density at radius 3 is 2.77 bits per heavy atom. The van der Waals surface area contributed by atoms with Crippen molar-refractivity contribution >= 4 is 23.3 Å². The minimum absolute atomic E-state index is 0.0213. The molecule has 0 radical (unpaired) electrons. The normalized spacial score (nSPS) is 37.3. The van der Waals surface area contributed by atoms with Crippen molar-refractivity contribution in [3.05, 3.63) is 35.9 Å². The largest absolute Gasteiger partial charge is 0.353 e. The Morgan fingerprint density at radius 1 is 1.23 bits per heavy atom. The standard InChI is InChI=1S/C21H23NO4/c1-21(2,3)19(24)17-16-14-10-25-20(26-14)18(23)15(16)13-9-8-11-6-4-5-7-12(11)22(13)17/h4-9,13-17,20H,10H2,1-3H3/t13-,14?,15+,16+,17+,20?/m1/s1. The Labute approximate surface area is 153 Å². The molecule has 0 amide bonds. The highest BCUT2D eigenvalue weighted by Crippen LogP contribution is 2.51. The fourth-order valence-corrected chi connectivity index (χ4v) is 5.02. The Kier molecular flexibility index (Phi) is 3.29. The van der Waals surface area contributed by atoms with Crippen molar-refractivity contribution in [2.24, 2.45) is 17.3 Å². The Balaban J connectivity index is 1.69. The van der Waals surface area contributed by atoms with Gasteiger partial charge in [-0.2, -0.15) is 0 Å². The summed E-state index contributed by atoms with van der Waals surface area (Å²) in [6, 6.07) is 7.59. The lowest BCUT2D eigenvalue weighted by Gasteiger charge is -2.38. The third kappa shape index (κ3) is 2.04. The molecule has 0 saturated carbocycles. The minimum Gasteiger partial charge on any atom is -0.353 e. The van der Waals surface area contributed by atoms with Gasteiger partial charge in [0.2, 0.25) is 6.29 Å². The molecule has 5 heteroatoms. The van der Waals surface area contributed by atoms with E-state index in [0.29, 0.717) is 6.61 Å². The average molecular weight is 353 g/mol. The van der Waals surface area contributed by atoms with Crippen LogP contribution in [0.2, 0.25) is 0 Å². The van der Waals surface area contributed by atoms with E-state index in [4.69, 9.17) is 9.47 Å². The summed E-state index contributed by atoms with van der Waals surface area (Å²) in [5, 5.41) is 0. The maximum absolute atomic E-state index is 13.5. The second-order valence-electron chi connectivity index (χ2n) is 8.72. The number of fused-ring (bicyclic) bond motifs is 8. The molecule has 4 aliphatic heterocycles. The summed E-state index contributed by atoms with van der Waals surface area (Å²) >= 11 is 0. The van der Waals surface area contributed by atoms with Crippen LogP contribution < -0.4 is 4.90 Å². The van der Waals surface area contributed by atoms with E-state index in [2.05, 4.69) is 23.1 Å². The molecule has 6 atom stereocenters. The highest BCUT2D eigenvalue weighted by atomic mass is 16.7. The second-order valence-corrected chi connectivity index (χ2v) is 8.72. The summed E-state index contributed by atoms with van der Waals surface area (Å²) in [7, 11) is 0. The zero-order valence-corrected chi connectivity index (χ0v) is 15.2. The molecular weight excluding hydrogens is 330 g/mol. The van der Waals surface area contributed by atoms with Crippen LogP contribution in [0, 0.1) is 17.3 Å². The van der Waals surface area contributed by atoms with Crippen molar-refractivity contribution in [2.75, 3.05) is 11.5 Å². The number of para-hydroxylation sites is 1. The number of hydrogen-bond acceptors (Lipinski definition) is 5. The number of hydrogen-bond donors (Lipinski definition) is 0. The highest BCUT2D eigenvalue weighted by Gasteiger charge is 2.64. The molecule has 0 aromatic heterocycles. The van der Waals surface area contributed by atoms with E-state index < -0.39 is 11.7 Å². The monoisotopic (exact) mass is 353 g/mol. The number of carbonyl (C=O) groups excluding carboxylic acids is 2. The molecule has 2 bridgehead atoms. The highest BCUT2D eigenvalue weighted by molar-refractivity contribution is 5.98. The van der Waals surface area contributed by atoms with E-state index in [9.17, 15) is 9.59 Å². The molecule has 0 N–H and O–H groups in total. The van der Waals surface area contributed by atoms with Gasteiger partial charge in [0.15, 0.2) is 11.6 Å². The van der Waals surface area contributed by atoms with Gasteiger partial charge >= 0.3 is 0 Å². The molecule has 0 aliphatic carbocycles. The number of ketones is 2. The topological polar surface area (TPSA) is 55.8 Å². The van der Waals surface area contributed by atoms with Gasteiger partial charge in [0.1, 0.15) is 0 Å². The number of rotatable bonds is 1. The van der Waals surface area contributed by atoms with Crippen LogP contribution in [0.1, 0.15) is 26.3 Å². The zero-order chi connectivity index (χ0) is 18.2. The third-order valence-electron chi connectivity index (χ3n) is 6.16. The SMILES string of the molecule is CC(C)(C)C(=O)[C@@H]1[C@H]2C3COC(O3)C(=O)[C@H]2[C@H]2C=Cc3ccccc3N21. The second kappa shape index (κ2) is 5.27. The lowest BCUT2D eigenvalue weighted by Crippen LogP contribution is -2.51. The van der Waals surface area contributed by atoms with Crippen LogP contribution in [0.15, 0.2) is 30.3 Å². The number of nitrogens with zero attached hydrogens (tertiary/aromatic N) is 1. The van der Waals surface area contributed by atoms with Crippen LogP contribution in [0.4, 0.5) is 5.69 Å². The van der Waals surface area contributed by atoms with Crippen molar-refractivity contribution in [1.82, 2.24) is 0 Å². The van der Waals surface area contributed by atoms with Crippen LogP contribution in [0.3, 0.4) is 0 Å². The van der Waals surface area contributed by atoms with Crippen LogP contribution >= 0.6 is 0 Å². The molecule has 1 aromatic rings. The first kappa shape index (κ1) is 16.2. The van der Waals surface area contributed by atoms with Crippen LogP contribution in [0.5, 0.6) is 0 Å². The van der Waals surface area contributed by atoms with E-state index >= 15 is 0 Å². The molecule has 26 heavy (non-hydrogen) atoms. The molecule has 1 aromatic carbocycles. The summed E-state index contributed by atoms with van der Waals surface area (Å²) in [4.78, 5) is 28.7. The Morgan fingerprint density at radius 2 is 2.00 bits per heavy atom. The summed E-state index contributed by atoms with van der Waals surface area (Å²) in [6.45, 7) is 6.23. The summed E-state index contributed by atoms with van der Waals surface area (Å²) in [5.41, 5.74) is 1.62. The average Bonchev–Trinajstić information content (AvgIpc) is 3.19. The van der Waals surface area contributed by atoms with E-state index in [-0.39, 0.29) is 41.6 Å². The lowest BCUT2D eigenvalue weighted by molar-refractivity contribution is -0.164. The molecule has 2 unspecified atom stereocenters. The van der Waals surface area contributed by atoms with Crippen LogP contribution in [-0.4, -0.2) is 42.7 Å². The van der Waals surface area contributed by atoms with Crippen molar-refractivity contribution < 1.29 is 19.1 Å². The predicted molar refractivity (Wildman–Crippen MR) is 96.6 cm³/mol. The number of anilines is 1. The van der Waals surface area contributed by atoms with Gasteiger partial charge in [0, 0.05) is 17.0 Å². The lowest BCUT2D eigenvalue weighted by atomic mass is 9.74. The third-order valence-corrected chi connectivity index (χ3v) is 6.16. The van der Waals surface area contributed by atoms with E-state index in [1.807, 2.05) is 39.0 Å². The minimum atomic E-state index is -0.767. The molecular formula is C21H23NO4. The maximum atomic E-state index is 13.5. The molecule has 5 rings (SSSR count). The van der Waals surface area contributed by atoms with E-state index in [0.717, 1.165) is 11.3 Å². The van der Waals surface area contributed by atoms with E-state index in [1.54, 1.807) is 0 Å². The van der Waals surface area contributed by atoms with Crippen LogP contribution in [-0.2, 0) is 19.1 Å². The summed E-state index contributed by atoms with van der Waals surface area (Å²) < 4.78 is 11.4. The van der Waals surface area contributed by atoms with Crippen molar-refractivity contribution in [1.29, 1.82) is 0 Å². The number of ether oxygens (including phenoxy) is 2. The molecule has 3 fully saturated rings. The quantitative estimate of drug-likeness (QED) is 0.776. The number of benzene rings is 1. The van der Waals surface area contributed by atoms with Crippen molar-refractivity contribution in [3.8, 4) is 0 Å². The molecule has 4 heterocycles. The molecule has 5 nitrogen and oxygen atoms in total. The van der Waals surface area contributed by atoms with Crippen molar-refractivity contribution in [2.45, 2.75) is 45.2 Å². The summed E-state index contributed by atoms with van der Waals surface area (Å²) in [6.07, 6.45) is 3.18. The molecule has 136 valence electrons. The first-order chi connectivity index (χ1) is 12.4. The smallest absolute Gasteiger partial charge is 0.218 e. The Bertz CT molecular complexity index is 824. The maximum Gasteiger partial charge on any atom is 0.218 e. The van der Waals surface area contributed by atoms with Gasteiger partial charge in [-0.1, -0.05) is 51.1 Å². The van der Waals surface area contributed by atoms with Gasteiger partial charge in [-0.05, 0) is 11.6 Å². The Hall–Kier alpha value is -1.98. The molecule has 3 saturated heterocycles. The van der Waals surface area contributed by atoms with Gasteiger partial charge in [0.25, 0.3) is 0 Å². The number of carbonyl (C=O) groups is 2. The van der Waals surface area contributed by atoms with Gasteiger partial charge in [-0.25, -0.2) is 0 Å². The number of Topliss-reactive ketones (excluding diaryl/α,β-unsaturated/α-hetero) is 2. The van der Waals surface area contributed by atoms with Gasteiger partial charge in [0.05, 0.1) is 30.7 Å². The first-order valence-corrected chi connectivity index (χ1v) is 9.28. The zero-order valence-electron chi connectivity index (χ0n) is 15.2. The fraction of sp³-hybridized carbons (Fsp3) is 0.524. The van der Waals surface area contributed by atoms with Gasteiger partial charge in [-0.15, -0.1) is 0 Å². The summed E-state index contributed by atoms with van der Waals surface area (Å²) in [5.74, 6) is -0.301. The first-order valence-electron chi connectivity index (χ1n) is 9.28. The van der Waals surface area contributed by atoms with E-state index in [1.165, 1.54) is 0 Å². The predicted octanol–water partition coefficient (Wildman–Crippen LogP) is 2.44. The van der Waals surface area contributed by atoms with Crippen LogP contribution in [0.25, 0.3) is 6.08 Å². The van der Waals surface area contributed by atoms with Gasteiger partial charge < -0.3 is 14.4 Å². The molecule has 0 spiro atoms. The fourth-order valence-electron chi connectivity index (χ4n) is 5.02. The van der Waals surface area contributed by atoms with Crippen molar-refractivity contribution in [3.63, 3.8) is 0 Å². The molecule has 4 aliphatic rings. The van der Waals surface area contributed by atoms with Gasteiger partial charge in [-0.3, -0.25) is 9.59 Å².